The molecule has 0 bridgehead atoms. The van der Waals surface area contributed by atoms with Gasteiger partial charge in [-0.05, 0) is 55.3 Å². The summed E-state index contributed by atoms with van der Waals surface area (Å²) in [4.78, 5) is 12.8. The van der Waals surface area contributed by atoms with Crippen LogP contribution in [-0.4, -0.2) is 37.8 Å². The Balaban J connectivity index is 2.09. The molecule has 7 heteroatoms. The highest BCUT2D eigenvalue weighted by molar-refractivity contribution is 7.89. The number of anilines is 1. The fourth-order valence-corrected chi connectivity index (χ4v) is 4.28. The smallest absolute Gasteiger partial charge is 0.265 e. The molecular weight excluding hydrogens is 376 g/mol. The van der Waals surface area contributed by atoms with E-state index in [2.05, 4.69) is 5.32 Å². The summed E-state index contributed by atoms with van der Waals surface area (Å²) < 4.78 is 32.3. The van der Waals surface area contributed by atoms with Gasteiger partial charge in [-0.2, -0.15) is 4.31 Å². The Morgan fingerprint density at radius 2 is 1.71 bits per heavy atom. The Morgan fingerprint density at radius 1 is 1.07 bits per heavy atom. The standard InChI is InChI=1S/C21H28N2O4S/c1-5-20(27-18-10-8-9-16(4)15-18)21(24)22-17-11-13-19(14-12-17)28(25,26)23(6-2)7-3/h8-15,20H,5-7H2,1-4H3,(H,22,24). The van der Waals surface area contributed by atoms with Crippen LogP contribution in [0.3, 0.4) is 0 Å². The molecule has 0 saturated heterocycles. The van der Waals surface area contributed by atoms with Crippen LogP contribution in [-0.2, 0) is 14.8 Å². The first-order valence-electron chi connectivity index (χ1n) is 9.46. The van der Waals surface area contributed by atoms with Crippen LogP contribution in [0.2, 0.25) is 0 Å². The number of hydrogen-bond donors (Lipinski definition) is 1. The van der Waals surface area contributed by atoms with Crippen molar-refractivity contribution in [2.45, 2.75) is 45.1 Å². The molecular formula is C21H28N2O4S. The molecule has 0 aliphatic carbocycles. The number of benzene rings is 2. The lowest BCUT2D eigenvalue weighted by molar-refractivity contribution is -0.122. The van der Waals surface area contributed by atoms with Crippen molar-refractivity contribution in [3.63, 3.8) is 0 Å². The lowest BCUT2D eigenvalue weighted by Gasteiger charge is -2.19. The number of rotatable bonds is 9. The number of carbonyl (C=O) groups excluding carboxylic acids is 1. The van der Waals surface area contributed by atoms with Gasteiger partial charge < -0.3 is 10.1 Å². The normalized spacial score (nSPS) is 12.6. The fraction of sp³-hybridized carbons (Fsp3) is 0.381. The summed E-state index contributed by atoms with van der Waals surface area (Å²) >= 11 is 0. The van der Waals surface area contributed by atoms with Gasteiger partial charge in [0.05, 0.1) is 4.90 Å². The van der Waals surface area contributed by atoms with Gasteiger partial charge in [-0.25, -0.2) is 8.42 Å². The average Bonchev–Trinajstić information content (AvgIpc) is 2.67. The molecule has 0 aliphatic heterocycles. The van der Waals surface area contributed by atoms with Gasteiger partial charge in [0.2, 0.25) is 10.0 Å². The van der Waals surface area contributed by atoms with E-state index >= 15 is 0 Å². The Labute approximate surface area is 167 Å². The van der Waals surface area contributed by atoms with Crippen molar-refractivity contribution in [2.75, 3.05) is 18.4 Å². The largest absolute Gasteiger partial charge is 0.481 e. The fourth-order valence-electron chi connectivity index (χ4n) is 2.82. The van der Waals surface area contributed by atoms with Crippen LogP contribution < -0.4 is 10.1 Å². The maximum absolute atomic E-state index is 12.6. The molecule has 0 radical (unpaired) electrons. The molecule has 28 heavy (non-hydrogen) atoms. The van der Waals surface area contributed by atoms with E-state index in [1.54, 1.807) is 26.0 Å². The van der Waals surface area contributed by atoms with Crippen LogP contribution in [0, 0.1) is 6.92 Å². The second-order valence-electron chi connectivity index (χ2n) is 6.43. The third-order valence-corrected chi connectivity index (χ3v) is 6.46. The van der Waals surface area contributed by atoms with Crippen LogP contribution in [0.5, 0.6) is 5.75 Å². The molecule has 0 heterocycles. The van der Waals surface area contributed by atoms with Crippen LogP contribution >= 0.6 is 0 Å². The van der Waals surface area contributed by atoms with Crippen molar-refractivity contribution in [2.24, 2.45) is 0 Å². The topological polar surface area (TPSA) is 75.7 Å². The van der Waals surface area contributed by atoms with Gasteiger partial charge in [0.15, 0.2) is 6.10 Å². The molecule has 0 aromatic heterocycles. The molecule has 0 fully saturated rings. The lowest BCUT2D eigenvalue weighted by Crippen LogP contribution is -2.32. The zero-order chi connectivity index (χ0) is 20.7. The number of carbonyl (C=O) groups is 1. The Hall–Kier alpha value is -2.38. The first kappa shape index (κ1) is 21.9. The number of ether oxygens (including phenoxy) is 1. The molecule has 1 unspecified atom stereocenters. The van der Waals surface area contributed by atoms with E-state index in [1.807, 2.05) is 38.1 Å². The maximum Gasteiger partial charge on any atom is 0.265 e. The Bertz CT molecular complexity index is 891. The molecule has 2 aromatic rings. The highest BCUT2D eigenvalue weighted by Crippen LogP contribution is 2.20. The Kier molecular flexibility index (Phi) is 7.60. The van der Waals surface area contributed by atoms with E-state index in [0.29, 0.717) is 30.9 Å². The summed E-state index contributed by atoms with van der Waals surface area (Å²) in [6, 6.07) is 13.7. The number of sulfonamides is 1. The third-order valence-electron chi connectivity index (χ3n) is 4.40. The van der Waals surface area contributed by atoms with Crippen LogP contribution in [0.15, 0.2) is 53.4 Å². The van der Waals surface area contributed by atoms with Gasteiger partial charge in [0, 0.05) is 18.8 Å². The summed E-state index contributed by atoms with van der Waals surface area (Å²) in [5.41, 5.74) is 1.58. The van der Waals surface area contributed by atoms with Crippen LogP contribution in [0.25, 0.3) is 0 Å². The van der Waals surface area contributed by atoms with E-state index in [9.17, 15) is 13.2 Å². The van der Waals surface area contributed by atoms with Crippen molar-refractivity contribution in [1.29, 1.82) is 0 Å². The Morgan fingerprint density at radius 3 is 2.25 bits per heavy atom. The van der Waals surface area contributed by atoms with Crippen molar-refractivity contribution in [3.05, 3.63) is 54.1 Å². The van der Waals surface area contributed by atoms with Gasteiger partial charge >= 0.3 is 0 Å². The first-order chi connectivity index (χ1) is 13.3. The predicted molar refractivity (Wildman–Crippen MR) is 111 cm³/mol. The minimum atomic E-state index is -3.52. The van der Waals surface area contributed by atoms with E-state index < -0.39 is 16.1 Å². The summed E-state index contributed by atoms with van der Waals surface area (Å²) in [7, 11) is -3.52. The van der Waals surface area contributed by atoms with Crippen LogP contribution in [0.4, 0.5) is 5.69 Å². The maximum atomic E-state index is 12.6. The van der Waals surface area contributed by atoms with Crippen LogP contribution in [0.1, 0.15) is 32.8 Å². The van der Waals surface area contributed by atoms with Gasteiger partial charge in [-0.15, -0.1) is 0 Å². The van der Waals surface area contributed by atoms with E-state index in [-0.39, 0.29) is 10.8 Å². The number of aryl methyl sites for hydroxylation is 1. The first-order valence-corrected chi connectivity index (χ1v) is 10.9. The molecule has 2 rings (SSSR count). The van der Waals surface area contributed by atoms with Crippen molar-refractivity contribution in [1.82, 2.24) is 4.31 Å². The number of nitrogens with zero attached hydrogens (tertiary/aromatic N) is 1. The van der Waals surface area contributed by atoms with Crippen molar-refractivity contribution >= 4 is 21.6 Å². The molecule has 0 spiro atoms. The number of nitrogens with one attached hydrogen (secondary N) is 1. The summed E-state index contributed by atoms with van der Waals surface area (Å²) in [5.74, 6) is 0.367. The van der Waals surface area contributed by atoms with E-state index in [4.69, 9.17) is 4.74 Å². The number of hydrogen-bond acceptors (Lipinski definition) is 4. The molecule has 0 aliphatic rings. The van der Waals surface area contributed by atoms with Crippen molar-refractivity contribution in [3.8, 4) is 5.75 Å². The third kappa shape index (κ3) is 5.33. The van der Waals surface area contributed by atoms with Gasteiger partial charge in [-0.3, -0.25) is 4.79 Å². The SMILES string of the molecule is CCC(Oc1cccc(C)c1)C(=O)Nc1ccc(S(=O)(=O)N(CC)CC)cc1. The summed E-state index contributed by atoms with van der Waals surface area (Å²) in [6.45, 7) is 8.25. The predicted octanol–water partition coefficient (Wildman–Crippen LogP) is 3.82. The highest BCUT2D eigenvalue weighted by Gasteiger charge is 2.22. The zero-order valence-electron chi connectivity index (χ0n) is 16.8. The van der Waals surface area contributed by atoms with Gasteiger partial charge in [0.1, 0.15) is 5.75 Å². The second kappa shape index (κ2) is 9.71. The van der Waals surface area contributed by atoms with E-state index in [1.165, 1.54) is 16.4 Å². The quantitative estimate of drug-likeness (QED) is 0.689. The molecule has 1 atom stereocenters. The molecule has 2 aromatic carbocycles. The molecule has 1 amide bonds. The lowest BCUT2D eigenvalue weighted by atomic mass is 10.2. The highest BCUT2D eigenvalue weighted by atomic mass is 32.2. The van der Waals surface area contributed by atoms with Gasteiger partial charge in [-0.1, -0.05) is 32.9 Å². The average molecular weight is 405 g/mol. The summed E-state index contributed by atoms with van der Waals surface area (Å²) in [5, 5.41) is 2.79. The van der Waals surface area contributed by atoms with E-state index in [0.717, 1.165) is 5.56 Å². The summed E-state index contributed by atoms with van der Waals surface area (Å²) in [6.07, 6.45) is -0.130. The molecule has 1 N–H and O–H groups in total. The minimum Gasteiger partial charge on any atom is -0.481 e. The van der Waals surface area contributed by atoms with Crippen molar-refractivity contribution < 1.29 is 17.9 Å². The zero-order valence-corrected chi connectivity index (χ0v) is 17.6. The minimum absolute atomic E-state index is 0.206. The molecule has 6 nitrogen and oxygen atoms in total. The monoisotopic (exact) mass is 404 g/mol. The molecule has 152 valence electrons. The number of amides is 1. The van der Waals surface area contributed by atoms with Gasteiger partial charge in [0.25, 0.3) is 5.91 Å². The second-order valence-corrected chi connectivity index (χ2v) is 8.37. The molecule has 0 saturated carbocycles.